The van der Waals surface area contributed by atoms with Crippen molar-refractivity contribution < 1.29 is 10.0 Å². The molecule has 1 amide bonds. The van der Waals surface area contributed by atoms with Crippen LogP contribution in [0.15, 0.2) is 5.16 Å². The van der Waals surface area contributed by atoms with E-state index >= 15 is 0 Å². The van der Waals surface area contributed by atoms with E-state index in [4.69, 9.17) is 10.9 Å². The van der Waals surface area contributed by atoms with Crippen LogP contribution in [0, 0.1) is 5.41 Å². The fraction of sp³-hybridized carbons (Fsp3) is 0.833. The van der Waals surface area contributed by atoms with E-state index in [1.54, 1.807) is 6.92 Å². The summed E-state index contributed by atoms with van der Waals surface area (Å²) in [4.78, 5) is 14.5. The number of amides is 1. The smallest absolute Gasteiger partial charge is 0.233 e. The fourth-order valence-electron chi connectivity index (χ4n) is 2.20. The number of hydrogen-bond acceptors (Lipinski definition) is 4. The Labute approximate surface area is 108 Å². The number of rotatable bonds is 4. The van der Waals surface area contributed by atoms with E-state index in [0.717, 1.165) is 25.9 Å². The number of piperidine rings is 1. The monoisotopic (exact) mass is 256 g/mol. The van der Waals surface area contributed by atoms with Crippen LogP contribution >= 0.6 is 0 Å². The van der Waals surface area contributed by atoms with Gasteiger partial charge in [0.2, 0.25) is 5.91 Å². The predicted molar refractivity (Wildman–Crippen MR) is 70.5 cm³/mol. The quantitative estimate of drug-likeness (QED) is 0.293. The number of hydrogen-bond donors (Lipinski definition) is 3. The van der Waals surface area contributed by atoms with Crippen LogP contribution in [0.1, 0.15) is 33.1 Å². The van der Waals surface area contributed by atoms with Crippen LogP contribution in [0.4, 0.5) is 0 Å². The van der Waals surface area contributed by atoms with Gasteiger partial charge in [-0.25, -0.2) is 0 Å². The Kier molecular flexibility index (Phi) is 4.95. The van der Waals surface area contributed by atoms with Crippen molar-refractivity contribution in [3.05, 3.63) is 0 Å². The second-order valence-electron chi connectivity index (χ2n) is 5.25. The molecule has 4 N–H and O–H groups in total. The summed E-state index contributed by atoms with van der Waals surface area (Å²) in [6.45, 7) is 5.47. The lowest BCUT2D eigenvalue weighted by Crippen LogP contribution is -2.54. The van der Waals surface area contributed by atoms with Crippen molar-refractivity contribution in [1.82, 2.24) is 10.2 Å². The number of nitrogens with one attached hydrogen (secondary N) is 1. The molecule has 0 aliphatic carbocycles. The molecule has 0 aromatic carbocycles. The number of carbonyl (C=O) groups is 1. The van der Waals surface area contributed by atoms with E-state index in [2.05, 4.69) is 15.4 Å². The van der Waals surface area contributed by atoms with E-state index in [1.807, 2.05) is 14.0 Å². The van der Waals surface area contributed by atoms with Gasteiger partial charge in [0, 0.05) is 12.6 Å². The Bertz CT molecular complexity index is 332. The number of amidine groups is 1. The lowest BCUT2D eigenvalue weighted by molar-refractivity contribution is -0.128. The molecule has 0 saturated carbocycles. The average molecular weight is 256 g/mol. The second kappa shape index (κ2) is 6.04. The van der Waals surface area contributed by atoms with Gasteiger partial charge < -0.3 is 21.2 Å². The molecule has 1 aliphatic heterocycles. The van der Waals surface area contributed by atoms with Gasteiger partial charge in [0.15, 0.2) is 5.84 Å². The first-order chi connectivity index (χ1) is 8.43. The third-order valence-corrected chi connectivity index (χ3v) is 3.84. The molecule has 1 heterocycles. The Morgan fingerprint density at radius 3 is 2.83 bits per heavy atom. The highest BCUT2D eigenvalue weighted by atomic mass is 16.4. The number of nitrogens with zero attached hydrogens (tertiary/aromatic N) is 2. The fourth-order valence-corrected chi connectivity index (χ4v) is 2.20. The van der Waals surface area contributed by atoms with Crippen molar-refractivity contribution in [2.24, 2.45) is 16.3 Å². The summed E-state index contributed by atoms with van der Waals surface area (Å²) in [7, 11) is 2.04. The lowest BCUT2D eigenvalue weighted by Gasteiger charge is -2.33. The van der Waals surface area contributed by atoms with Gasteiger partial charge in [-0.05, 0) is 39.8 Å². The summed E-state index contributed by atoms with van der Waals surface area (Å²) in [6.07, 6.45) is 2.55. The maximum atomic E-state index is 12.3. The van der Waals surface area contributed by atoms with E-state index < -0.39 is 5.41 Å². The van der Waals surface area contributed by atoms with Gasteiger partial charge in [0.05, 0.1) is 0 Å². The first-order valence-electron chi connectivity index (χ1n) is 6.41. The number of likely N-dealkylation sites (tertiary alicyclic amines) is 1. The van der Waals surface area contributed by atoms with Crippen LogP contribution in [-0.4, -0.2) is 48.0 Å². The van der Waals surface area contributed by atoms with E-state index in [9.17, 15) is 4.79 Å². The normalized spacial score (nSPS) is 25.5. The van der Waals surface area contributed by atoms with Crippen molar-refractivity contribution in [1.29, 1.82) is 0 Å². The first kappa shape index (κ1) is 14.8. The van der Waals surface area contributed by atoms with Gasteiger partial charge in [-0.2, -0.15) is 0 Å². The molecule has 18 heavy (non-hydrogen) atoms. The number of nitrogens with two attached hydrogens (primary N) is 1. The second-order valence-corrected chi connectivity index (χ2v) is 5.25. The summed E-state index contributed by atoms with van der Waals surface area (Å²) in [6, 6.07) is 0.147. The molecule has 0 radical (unpaired) electrons. The molecule has 0 spiro atoms. The van der Waals surface area contributed by atoms with Crippen molar-refractivity contribution in [3.8, 4) is 0 Å². The van der Waals surface area contributed by atoms with Crippen molar-refractivity contribution in [2.75, 3.05) is 20.1 Å². The minimum atomic E-state index is -0.940. The molecule has 6 nitrogen and oxygen atoms in total. The van der Waals surface area contributed by atoms with E-state index in [-0.39, 0.29) is 17.8 Å². The molecule has 6 heteroatoms. The topological polar surface area (TPSA) is 91.0 Å². The molecule has 2 atom stereocenters. The molecule has 0 bridgehead atoms. The zero-order valence-electron chi connectivity index (χ0n) is 11.4. The molecule has 1 rings (SSSR count). The number of oxime groups is 1. The molecule has 1 saturated heterocycles. The van der Waals surface area contributed by atoms with Gasteiger partial charge in [-0.15, -0.1) is 0 Å². The predicted octanol–water partition coefficient (Wildman–Crippen LogP) is 0.360. The summed E-state index contributed by atoms with van der Waals surface area (Å²) in [5, 5.41) is 14.8. The van der Waals surface area contributed by atoms with Crippen LogP contribution in [0.3, 0.4) is 0 Å². The molecule has 1 fully saturated rings. The van der Waals surface area contributed by atoms with Crippen LogP contribution in [0.2, 0.25) is 0 Å². The van der Waals surface area contributed by atoms with Gasteiger partial charge in [-0.3, -0.25) is 4.79 Å². The lowest BCUT2D eigenvalue weighted by atomic mass is 9.84. The average Bonchev–Trinajstić information content (AvgIpc) is 2.36. The van der Waals surface area contributed by atoms with Crippen LogP contribution in [-0.2, 0) is 4.79 Å². The Balaban J connectivity index is 2.68. The van der Waals surface area contributed by atoms with Gasteiger partial charge >= 0.3 is 0 Å². The van der Waals surface area contributed by atoms with Gasteiger partial charge in [-0.1, -0.05) is 12.1 Å². The summed E-state index contributed by atoms with van der Waals surface area (Å²) in [5.41, 5.74) is 4.68. The van der Waals surface area contributed by atoms with Crippen molar-refractivity contribution in [3.63, 3.8) is 0 Å². The molecular formula is C12H24N4O2. The maximum Gasteiger partial charge on any atom is 0.233 e. The zero-order chi connectivity index (χ0) is 13.8. The van der Waals surface area contributed by atoms with Crippen molar-refractivity contribution >= 4 is 11.7 Å². The van der Waals surface area contributed by atoms with Gasteiger partial charge in [0.25, 0.3) is 0 Å². The molecule has 104 valence electrons. The first-order valence-corrected chi connectivity index (χ1v) is 6.41. The SMILES string of the molecule is CCC(C)(C(=O)NC1CCCN(C)C1)C(N)=NO. The minimum Gasteiger partial charge on any atom is -0.409 e. The highest BCUT2D eigenvalue weighted by Gasteiger charge is 2.37. The Morgan fingerprint density at radius 2 is 2.33 bits per heavy atom. The van der Waals surface area contributed by atoms with Crippen LogP contribution in [0.25, 0.3) is 0 Å². The third-order valence-electron chi connectivity index (χ3n) is 3.84. The largest absolute Gasteiger partial charge is 0.409 e. The van der Waals surface area contributed by atoms with Crippen LogP contribution < -0.4 is 11.1 Å². The van der Waals surface area contributed by atoms with E-state index in [0.29, 0.717) is 6.42 Å². The summed E-state index contributed by atoms with van der Waals surface area (Å²) >= 11 is 0. The molecule has 0 aromatic rings. The Hall–Kier alpha value is -1.30. The highest BCUT2D eigenvalue weighted by molar-refractivity contribution is 6.06. The Morgan fingerprint density at radius 1 is 1.67 bits per heavy atom. The summed E-state index contributed by atoms with van der Waals surface area (Å²) < 4.78 is 0. The number of likely N-dealkylation sites (N-methyl/N-ethyl adjacent to an activating group) is 1. The van der Waals surface area contributed by atoms with Crippen molar-refractivity contribution in [2.45, 2.75) is 39.2 Å². The number of carbonyl (C=O) groups excluding carboxylic acids is 1. The zero-order valence-corrected chi connectivity index (χ0v) is 11.4. The van der Waals surface area contributed by atoms with E-state index in [1.165, 1.54) is 0 Å². The molecule has 1 aliphatic rings. The molecule has 2 unspecified atom stereocenters. The molecular weight excluding hydrogens is 232 g/mol. The summed E-state index contributed by atoms with van der Waals surface area (Å²) in [5.74, 6) is -0.202. The highest BCUT2D eigenvalue weighted by Crippen LogP contribution is 2.22. The third kappa shape index (κ3) is 3.13. The maximum absolute atomic E-state index is 12.3. The van der Waals surface area contributed by atoms with Crippen LogP contribution in [0.5, 0.6) is 0 Å². The minimum absolute atomic E-state index is 0.0355. The molecule has 0 aromatic heterocycles. The van der Waals surface area contributed by atoms with Gasteiger partial charge in [0.1, 0.15) is 5.41 Å². The standard InChI is InChI=1S/C12H24N4O2/c1-4-12(2,10(13)15-18)11(17)14-9-6-5-7-16(3)8-9/h9,18H,4-8H2,1-3H3,(H2,13,15)(H,14,17).